The summed E-state index contributed by atoms with van der Waals surface area (Å²) >= 11 is 0. The summed E-state index contributed by atoms with van der Waals surface area (Å²) in [7, 11) is 1.75. The second-order valence-corrected chi connectivity index (χ2v) is 8.66. The van der Waals surface area contributed by atoms with Crippen LogP contribution in [0.4, 0.5) is 4.79 Å². The molecule has 1 saturated heterocycles. The molecule has 30 heavy (non-hydrogen) atoms. The van der Waals surface area contributed by atoms with Crippen LogP contribution in [0.25, 0.3) is 0 Å². The molecule has 0 spiro atoms. The third-order valence-corrected chi connectivity index (χ3v) is 4.85. The maximum Gasteiger partial charge on any atom is 0.410 e. The van der Waals surface area contributed by atoms with Crippen LogP contribution in [0.2, 0.25) is 0 Å². The van der Waals surface area contributed by atoms with Gasteiger partial charge in [-0.15, -0.1) is 0 Å². The van der Waals surface area contributed by atoms with Gasteiger partial charge in [0, 0.05) is 33.3 Å². The molecule has 0 aromatic heterocycles. The average molecular weight is 421 g/mol. The first-order valence-electron chi connectivity index (χ1n) is 10.7. The Morgan fingerprint density at radius 3 is 2.63 bits per heavy atom. The number of piperidine rings is 1. The topological polar surface area (TPSA) is 68.3 Å². The van der Waals surface area contributed by atoms with Gasteiger partial charge in [-0.1, -0.05) is 12.1 Å². The number of hydrogen-bond acceptors (Lipinski definition) is 5. The highest BCUT2D eigenvalue weighted by Crippen LogP contribution is 2.24. The largest absolute Gasteiger partial charge is 0.490 e. The van der Waals surface area contributed by atoms with Crippen LogP contribution in [0.3, 0.4) is 0 Å². The fourth-order valence-corrected chi connectivity index (χ4v) is 3.49. The monoisotopic (exact) mass is 420 g/mol. The van der Waals surface area contributed by atoms with Gasteiger partial charge in [-0.25, -0.2) is 4.79 Å². The molecule has 1 aliphatic heterocycles. The van der Waals surface area contributed by atoms with Crippen molar-refractivity contribution in [2.24, 2.45) is 5.92 Å². The van der Waals surface area contributed by atoms with E-state index in [1.807, 2.05) is 50.8 Å². The molecule has 1 heterocycles. The van der Waals surface area contributed by atoms with Gasteiger partial charge < -0.3 is 24.0 Å². The first-order valence-corrected chi connectivity index (χ1v) is 10.7. The number of rotatable bonds is 8. The van der Waals surface area contributed by atoms with E-state index in [1.165, 1.54) is 0 Å². The molecule has 1 atom stereocenters. The minimum Gasteiger partial charge on any atom is -0.490 e. The van der Waals surface area contributed by atoms with Gasteiger partial charge in [-0.05, 0) is 58.6 Å². The lowest BCUT2D eigenvalue weighted by Gasteiger charge is -2.35. The van der Waals surface area contributed by atoms with E-state index in [4.69, 9.17) is 14.2 Å². The van der Waals surface area contributed by atoms with Crippen molar-refractivity contribution >= 4 is 12.0 Å². The van der Waals surface area contributed by atoms with Crippen molar-refractivity contribution in [3.8, 4) is 5.75 Å². The number of para-hydroxylation sites is 1. The van der Waals surface area contributed by atoms with Gasteiger partial charge in [0.15, 0.2) is 0 Å². The van der Waals surface area contributed by atoms with Crippen LogP contribution in [0.15, 0.2) is 24.3 Å². The summed E-state index contributed by atoms with van der Waals surface area (Å²) in [4.78, 5) is 28.9. The molecule has 0 saturated carbocycles. The summed E-state index contributed by atoms with van der Waals surface area (Å²) in [5.74, 6) is 0.757. The van der Waals surface area contributed by atoms with Crippen LogP contribution in [-0.4, -0.2) is 73.9 Å². The summed E-state index contributed by atoms with van der Waals surface area (Å²) < 4.78 is 16.5. The quantitative estimate of drug-likeness (QED) is 0.598. The number of likely N-dealkylation sites (tertiary alicyclic amines) is 1. The summed E-state index contributed by atoms with van der Waals surface area (Å²) in [6, 6.07) is 7.33. The van der Waals surface area contributed by atoms with E-state index in [9.17, 15) is 9.59 Å². The summed E-state index contributed by atoms with van der Waals surface area (Å²) in [6.45, 7) is 10.9. The molecule has 1 aromatic carbocycles. The maximum atomic E-state index is 13.2. The molecule has 1 aromatic rings. The predicted molar refractivity (Wildman–Crippen MR) is 116 cm³/mol. The second kappa shape index (κ2) is 11.2. The Morgan fingerprint density at radius 1 is 1.20 bits per heavy atom. The smallest absolute Gasteiger partial charge is 0.410 e. The summed E-state index contributed by atoms with van der Waals surface area (Å²) in [5, 5.41) is 0. The minimum atomic E-state index is -0.522. The number of benzene rings is 1. The van der Waals surface area contributed by atoms with Crippen LogP contribution in [0, 0.1) is 5.92 Å². The number of ether oxygens (including phenoxy) is 3. The zero-order chi connectivity index (χ0) is 22.1. The average Bonchev–Trinajstić information content (AvgIpc) is 2.70. The number of carbonyl (C=O) groups is 2. The molecule has 2 amide bonds. The number of carbonyl (C=O) groups excluding carboxylic acids is 2. The molecular formula is C23H36N2O5. The van der Waals surface area contributed by atoms with E-state index in [0.29, 0.717) is 50.8 Å². The minimum absolute atomic E-state index is 0.0355. The zero-order valence-corrected chi connectivity index (χ0v) is 19.0. The van der Waals surface area contributed by atoms with Crippen LogP contribution >= 0.6 is 0 Å². The lowest BCUT2D eigenvalue weighted by Crippen LogP contribution is -2.45. The van der Waals surface area contributed by atoms with E-state index in [2.05, 4.69) is 0 Å². The Kier molecular flexibility index (Phi) is 8.96. The molecule has 0 bridgehead atoms. The molecular weight excluding hydrogens is 384 g/mol. The van der Waals surface area contributed by atoms with Crippen molar-refractivity contribution in [3.63, 3.8) is 0 Å². The Bertz CT molecular complexity index is 701. The molecule has 2 rings (SSSR count). The molecule has 1 aliphatic rings. The Morgan fingerprint density at radius 2 is 1.93 bits per heavy atom. The van der Waals surface area contributed by atoms with E-state index in [1.54, 1.807) is 18.0 Å². The van der Waals surface area contributed by atoms with Gasteiger partial charge in [0.1, 0.15) is 18.0 Å². The van der Waals surface area contributed by atoms with Crippen LogP contribution in [-0.2, 0) is 9.47 Å². The van der Waals surface area contributed by atoms with Crippen molar-refractivity contribution in [1.82, 2.24) is 9.80 Å². The normalized spacial score (nSPS) is 16.8. The van der Waals surface area contributed by atoms with Crippen molar-refractivity contribution in [2.45, 2.75) is 46.1 Å². The fraction of sp³-hybridized carbons (Fsp3) is 0.652. The van der Waals surface area contributed by atoms with Crippen LogP contribution in [0.1, 0.15) is 50.9 Å². The number of nitrogens with zero attached hydrogens (tertiary/aromatic N) is 2. The van der Waals surface area contributed by atoms with Gasteiger partial charge in [0.05, 0.1) is 12.2 Å². The van der Waals surface area contributed by atoms with Gasteiger partial charge in [-0.3, -0.25) is 4.79 Å². The Labute approximate surface area is 180 Å². The van der Waals surface area contributed by atoms with E-state index in [-0.39, 0.29) is 17.9 Å². The second-order valence-electron chi connectivity index (χ2n) is 8.66. The first kappa shape index (κ1) is 24.0. The molecule has 168 valence electrons. The number of amides is 2. The number of hydrogen-bond donors (Lipinski definition) is 0. The summed E-state index contributed by atoms with van der Waals surface area (Å²) in [5.41, 5.74) is 0.0429. The maximum absolute atomic E-state index is 13.2. The van der Waals surface area contributed by atoms with Crippen molar-refractivity contribution in [2.75, 3.05) is 46.5 Å². The molecule has 1 unspecified atom stereocenters. The highest BCUT2D eigenvalue weighted by Gasteiger charge is 2.28. The van der Waals surface area contributed by atoms with Crippen molar-refractivity contribution in [3.05, 3.63) is 29.8 Å². The van der Waals surface area contributed by atoms with Gasteiger partial charge in [-0.2, -0.15) is 0 Å². The first-order chi connectivity index (χ1) is 14.2. The van der Waals surface area contributed by atoms with E-state index >= 15 is 0 Å². The molecule has 1 fully saturated rings. The highest BCUT2D eigenvalue weighted by molar-refractivity contribution is 5.97. The standard InChI is InChI=1S/C23H36N2O5/c1-6-28-14-15-29-20-12-8-7-11-19(20)21(26)25-13-9-10-18(17-25)16-24(5)22(27)30-23(2,3)4/h7-8,11-12,18H,6,9-10,13-17H2,1-5H3. The lowest BCUT2D eigenvalue weighted by molar-refractivity contribution is 0.0244. The fourth-order valence-electron chi connectivity index (χ4n) is 3.49. The SMILES string of the molecule is CCOCCOc1ccccc1C(=O)N1CCCC(CN(C)C(=O)OC(C)(C)C)C1. The van der Waals surface area contributed by atoms with Crippen LogP contribution < -0.4 is 4.74 Å². The molecule has 0 aliphatic carbocycles. The van der Waals surface area contributed by atoms with Gasteiger partial charge in [0.25, 0.3) is 5.91 Å². The van der Waals surface area contributed by atoms with Crippen LogP contribution in [0.5, 0.6) is 5.75 Å². The highest BCUT2D eigenvalue weighted by atomic mass is 16.6. The molecule has 0 N–H and O–H groups in total. The van der Waals surface area contributed by atoms with Gasteiger partial charge in [0.2, 0.25) is 0 Å². The van der Waals surface area contributed by atoms with Gasteiger partial charge >= 0.3 is 6.09 Å². The zero-order valence-electron chi connectivity index (χ0n) is 19.0. The van der Waals surface area contributed by atoms with E-state index < -0.39 is 5.60 Å². The molecule has 7 nitrogen and oxygen atoms in total. The third kappa shape index (κ3) is 7.52. The van der Waals surface area contributed by atoms with Crippen molar-refractivity contribution in [1.29, 1.82) is 0 Å². The summed E-state index contributed by atoms with van der Waals surface area (Å²) in [6.07, 6.45) is 1.55. The predicted octanol–water partition coefficient (Wildman–Crippen LogP) is 3.82. The Hall–Kier alpha value is -2.28. The lowest BCUT2D eigenvalue weighted by atomic mass is 9.97. The molecule has 0 radical (unpaired) electrons. The van der Waals surface area contributed by atoms with E-state index in [0.717, 1.165) is 12.8 Å². The van der Waals surface area contributed by atoms with Crippen molar-refractivity contribution < 1.29 is 23.8 Å². The third-order valence-electron chi connectivity index (χ3n) is 4.85. The molecule has 7 heteroatoms. The Balaban J connectivity index is 1.97.